The highest BCUT2D eigenvalue weighted by Crippen LogP contribution is 2.20. The number of hydrogen-bond donors (Lipinski definition) is 1. The highest BCUT2D eigenvalue weighted by atomic mass is 16.4. The standard InChI is InChI=1S/C33H47NO3/c1-2-3-4-5-6-7-8-9-10-11-12-13-14-15-19-22-32(35)34(28-33(36)37)27-29-23-25-31(26-24-29)30-20-17-16-18-21-30/h9-10,16-18,20-21,23-26H,2-8,11-15,19,22,27-28H2,1H3,(H,36,37). The summed E-state index contributed by atoms with van der Waals surface area (Å²) in [5, 5.41) is 9.31. The van der Waals surface area contributed by atoms with E-state index < -0.39 is 5.97 Å². The van der Waals surface area contributed by atoms with Crippen LogP contribution in [0.3, 0.4) is 0 Å². The number of carboxylic acid groups (broad SMARTS) is 1. The van der Waals surface area contributed by atoms with Crippen molar-refractivity contribution >= 4 is 11.9 Å². The Hall–Kier alpha value is -2.88. The van der Waals surface area contributed by atoms with Crippen LogP contribution in [0.2, 0.25) is 0 Å². The van der Waals surface area contributed by atoms with Gasteiger partial charge < -0.3 is 10.0 Å². The van der Waals surface area contributed by atoms with E-state index in [1.807, 2.05) is 42.5 Å². The van der Waals surface area contributed by atoms with Crippen LogP contribution in [-0.4, -0.2) is 28.4 Å². The zero-order valence-corrected chi connectivity index (χ0v) is 22.9. The molecule has 1 amide bonds. The number of allylic oxidation sites excluding steroid dienone is 2. The van der Waals surface area contributed by atoms with E-state index in [0.29, 0.717) is 13.0 Å². The molecule has 0 aromatic heterocycles. The fraction of sp³-hybridized carbons (Fsp3) is 0.515. The van der Waals surface area contributed by atoms with Gasteiger partial charge in [0.25, 0.3) is 0 Å². The molecule has 0 aliphatic rings. The second-order valence-corrected chi connectivity index (χ2v) is 10.0. The summed E-state index contributed by atoms with van der Waals surface area (Å²) >= 11 is 0. The van der Waals surface area contributed by atoms with Crippen molar-refractivity contribution < 1.29 is 14.7 Å². The Kier molecular flexibility index (Phi) is 15.8. The van der Waals surface area contributed by atoms with Gasteiger partial charge in [-0.15, -0.1) is 0 Å². The molecule has 0 spiro atoms. The SMILES string of the molecule is CCCCCCCCC=CCCCCCCCC(=O)N(CC(=O)O)Cc1ccc(-c2ccccc2)cc1. The summed E-state index contributed by atoms with van der Waals surface area (Å²) in [6, 6.07) is 18.1. The summed E-state index contributed by atoms with van der Waals surface area (Å²) in [5.74, 6) is -1.05. The van der Waals surface area contributed by atoms with Crippen molar-refractivity contribution in [3.05, 3.63) is 72.3 Å². The van der Waals surface area contributed by atoms with Crippen LogP contribution < -0.4 is 0 Å². The number of carbonyl (C=O) groups is 2. The lowest BCUT2D eigenvalue weighted by Gasteiger charge is -2.21. The van der Waals surface area contributed by atoms with Crippen LogP contribution in [0.15, 0.2) is 66.7 Å². The Labute approximate surface area is 224 Å². The van der Waals surface area contributed by atoms with Crippen LogP contribution in [0.5, 0.6) is 0 Å². The Morgan fingerprint density at radius 1 is 0.703 bits per heavy atom. The van der Waals surface area contributed by atoms with Crippen LogP contribution in [0.1, 0.15) is 102 Å². The molecule has 2 aromatic rings. The molecule has 202 valence electrons. The molecule has 1 N–H and O–H groups in total. The van der Waals surface area contributed by atoms with Gasteiger partial charge in [-0.2, -0.15) is 0 Å². The third kappa shape index (κ3) is 13.9. The van der Waals surface area contributed by atoms with E-state index in [0.717, 1.165) is 42.4 Å². The lowest BCUT2D eigenvalue weighted by atomic mass is 10.0. The van der Waals surface area contributed by atoms with Crippen LogP contribution in [0, 0.1) is 0 Å². The maximum atomic E-state index is 12.8. The van der Waals surface area contributed by atoms with Gasteiger partial charge in [-0.3, -0.25) is 9.59 Å². The van der Waals surface area contributed by atoms with E-state index >= 15 is 0 Å². The first-order valence-corrected chi connectivity index (χ1v) is 14.4. The van der Waals surface area contributed by atoms with E-state index in [4.69, 9.17) is 0 Å². The first-order chi connectivity index (χ1) is 18.1. The lowest BCUT2D eigenvalue weighted by Crippen LogP contribution is -2.35. The van der Waals surface area contributed by atoms with Crippen molar-refractivity contribution in [3.8, 4) is 11.1 Å². The number of carbonyl (C=O) groups excluding carboxylic acids is 1. The Morgan fingerprint density at radius 2 is 1.24 bits per heavy atom. The molecule has 4 nitrogen and oxygen atoms in total. The average Bonchev–Trinajstić information content (AvgIpc) is 2.91. The second kappa shape index (κ2) is 19.3. The van der Waals surface area contributed by atoms with Gasteiger partial charge in [-0.05, 0) is 48.8 Å². The molecule has 2 aromatic carbocycles. The first kappa shape index (κ1) is 30.3. The maximum absolute atomic E-state index is 12.8. The van der Waals surface area contributed by atoms with E-state index in [1.165, 1.54) is 62.7 Å². The van der Waals surface area contributed by atoms with Crippen LogP contribution >= 0.6 is 0 Å². The maximum Gasteiger partial charge on any atom is 0.323 e. The first-order valence-electron chi connectivity index (χ1n) is 14.4. The summed E-state index contributed by atoms with van der Waals surface area (Å²) < 4.78 is 0. The molecule has 0 fully saturated rings. The van der Waals surface area contributed by atoms with Gasteiger partial charge >= 0.3 is 5.97 Å². The van der Waals surface area contributed by atoms with Crippen molar-refractivity contribution in [3.63, 3.8) is 0 Å². The van der Waals surface area contributed by atoms with Crippen molar-refractivity contribution in [2.24, 2.45) is 0 Å². The van der Waals surface area contributed by atoms with E-state index in [-0.39, 0.29) is 12.5 Å². The largest absolute Gasteiger partial charge is 0.480 e. The highest BCUT2D eigenvalue weighted by molar-refractivity contribution is 5.81. The topological polar surface area (TPSA) is 57.6 Å². The summed E-state index contributed by atoms with van der Waals surface area (Å²) in [6.07, 6.45) is 20.9. The van der Waals surface area contributed by atoms with Gasteiger partial charge in [0, 0.05) is 13.0 Å². The minimum Gasteiger partial charge on any atom is -0.480 e. The fourth-order valence-corrected chi connectivity index (χ4v) is 4.55. The molecule has 0 aliphatic heterocycles. The van der Waals surface area contributed by atoms with Gasteiger partial charge in [-0.25, -0.2) is 0 Å². The zero-order valence-electron chi connectivity index (χ0n) is 22.9. The minimum absolute atomic E-state index is 0.0767. The number of unbranched alkanes of at least 4 members (excludes halogenated alkanes) is 11. The monoisotopic (exact) mass is 505 g/mol. The summed E-state index contributed by atoms with van der Waals surface area (Å²) in [4.78, 5) is 25.6. The van der Waals surface area contributed by atoms with Crippen molar-refractivity contribution in [2.45, 2.75) is 103 Å². The summed E-state index contributed by atoms with van der Waals surface area (Å²) in [5.41, 5.74) is 3.18. The van der Waals surface area contributed by atoms with Crippen LogP contribution in [0.4, 0.5) is 0 Å². The van der Waals surface area contributed by atoms with Gasteiger partial charge in [0.2, 0.25) is 5.91 Å². The third-order valence-electron chi connectivity index (χ3n) is 6.77. The number of benzene rings is 2. The Morgan fingerprint density at radius 3 is 1.84 bits per heavy atom. The predicted octanol–water partition coefficient (Wildman–Crippen LogP) is 8.80. The number of rotatable bonds is 20. The lowest BCUT2D eigenvalue weighted by molar-refractivity contribution is -0.145. The predicted molar refractivity (Wildman–Crippen MR) is 154 cm³/mol. The van der Waals surface area contributed by atoms with E-state index in [1.54, 1.807) is 0 Å². The third-order valence-corrected chi connectivity index (χ3v) is 6.77. The minimum atomic E-state index is -0.973. The molecule has 0 bridgehead atoms. The van der Waals surface area contributed by atoms with Gasteiger partial charge in [0.15, 0.2) is 0 Å². The number of hydrogen-bond acceptors (Lipinski definition) is 2. The highest BCUT2D eigenvalue weighted by Gasteiger charge is 2.17. The molecule has 0 atom stereocenters. The molecule has 37 heavy (non-hydrogen) atoms. The van der Waals surface area contributed by atoms with Crippen molar-refractivity contribution in [2.75, 3.05) is 6.54 Å². The van der Waals surface area contributed by atoms with Gasteiger partial charge in [0.1, 0.15) is 6.54 Å². The quantitative estimate of drug-likeness (QED) is 0.144. The summed E-state index contributed by atoms with van der Waals surface area (Å²) in [7, 11) is 0. The Balaban J connectivity index is 1.61. The average molecular weight is 506 g/mol. The number of amides is 1. The summed E-state index contributed by atoms with van der Waals surface area (Å²) in [6.45, 7) is 2.32. The Bertz CT molecular complexity index is 905. The van der Waals surface area contributed by atoms with Crippen LogP contribution in [0.25, 0.3) is 11.1 Å². The fourth-order valence-electron chi connectivity index (χ4n) is 4.55. The van der Waals surface area contributed by atoms with E-state index in [2.05, 4.69) is 31.2 Å². The van der Waals surface area contributed by atoms with E-state index in [9.17, 15) is 14.7 Å². The molecule has 4 heteroatoms. The number of nitrogens with zero attached hydrogens (tertiary/aromatic N) is 1. The molecule has 0 heterocycles. The van der Waals surface area contributed by atoms with Crippen LogP contribution in [-0.2, 0) is 16.1 Å². The molecule has 0 saturated heterocycles. The number of carboxylic acids is 1. The normalized spacial score (nSPS) is 11.2. The molecule has 0 radical (unpaired) electrons. The smallest absolute Gasteiger partial charge is 0.323 e. The molecular weight excluding hydrogens is 458 g/mol. The molecule has 0 unspecified atom stereocenters. The second-order valence-electron chi connectivity index (χ2n) is 10.0. The molecule has 0 aliphatic carbocycles. The zero-order chi connectivity index (χ0) is 26.6. The van der Waals surface area contributed by atoms with Gasteiger partial charge in [-0.1, -0.05) is 125 Å². The van der Waals surface area contributed by atoms with Gasteiger partial charge in [0.05, 0.1) is 0 Å². The van der Waals surface area contributed by atoms with Crippen molar-refractivity contribution in [1.82, 2.24) is 4.90 Å². The molecule has 0 saturated carbocycles. The molecular formula is C33H47NO3. The van der Waals surface area contributed by atoms with Crippen molar-refractivity contribution in [1.29, 1.82) is 0 Å². The molecule has 2 rings (SSSR count). The number of aliphatic carboxylic acids is 1.